The van der Waals surface area contributed by atoms with Crippen LogP contribution in [0.3, 0.4) is 0 Å². The Hall–Kier alpha value is -1.36. The number of nitrogens with zero attached hydrogens (tertiary/aromatic N) is 1. The smallest absolute Gasteiger partial charge is 0.249 e. The lowest BCUT2D eigenvalue weighted by Gasteiger charge is -2.27. The summed E-state index contributed by atoms with van der Waals surface area (Å²) in [5, 5.41) is 2.82. The third-order valence-corrected chi connectivity index (χ3v) is 4.03. The summed E-state index contributed by atoms with van der Waals surface area (Å²) < 4.78 is 0.926. The predicted molar refractivity (Wildman–Crippen MR) is 82.6 cm³/mol. The van der Waals surface area contributed by atoms with E-state index < -0.39 is 6.04 Å². The zero-order valence-electron chi connectivity index (χ0n) is 11.9. The average Bonchev–Trinajstić information content (AvgIpc) is 2.53. The maximum atomic E-state index is 12.7. The van der Waals surface area contributed by atoms with Gasteiger partial charge in [-0.25, -0.2) is 0 Å². The molecule has 108 valence electrons. The molecule has 0 saturated carbocycles. The first-order valence-corrected chi connectivity index (χ1v) is 7.56. The third kappa shape index (κ3) is 3.03. The molecule has 4 nitrogen and oxygen atoms in total. The fourth-order valence-corrected chi connectivity index (χ4v) is 2.71. The van der Waals surface area contributed by atoms with E-state index in [9.17, 15) is 9.59 Å². The van der Waals surface area contributed by atoms with Crippen molar-refractivity contribution in [1.29, 1.82) is 0 Å². The van der Waals surface area contributed by atoms with E-state index in [2.05, 4.69) is 21.2 Å². The van der Waals surface area contributed by atoms with Crippen molar-refractivity contribution in [2.45, 2.75) is 33.2 Å². The first-order chi connectivity index (χ1) is 9.40. The van der Waals surface area contributed by atoms with Crippen LogP contribution in [0.2, 0.25) is 0 Å². The van der Waals surface area contributed by atoms with Gasteiger partial charge in [0.25, 0.3) is 0 Å². The van der Waals surface area contributed by atoms with Crippen molar-refractivity contribution >= 4 is 33.4 Å². The van der Waals surface area contributed by atoms with Gasteiger partial charge in [-0.05, 0) is 30.5 Å². The van der Waals surface area contributed by atoms with E-state index in [-0.39, 0.29) is 17.7 Å². The van der Waals surface area contributed by atoms with Gasteiger partial charge in [-0.15, -0.1) is 0 Å². The fraction of sp³-hybridized carbons (Fsp3) is 0.467. The Morgan fingerprint density at radius 3 is 2.70 bits per heavy atom. The van der Waals surface area contributed by atoms with Gasteiger partial charge < -0.3 is 10.2 Å². The van der Waals surface area contributed by atoms with Crippen LogP contribution in [0.15, 0.2) is 22.7 Å². The summed E-state index contributed by atoms with van der Waals surface area (Å²) in [6.07, 6.45) is 0.334. The zero-order valence-corrected chi connectivity index (χ0v) is 13.5. The van der Waals surface area contributed by atoms with Gasteiger partial charge in [0.05, 0.1) is 0 Å². The quantitative estimate of drug-likeness (QED) is 0.901. The SMILES string of the molecule is Cc1ccc(Br)cc1N1CCC(=O)NC(C(C)C)C1=O. The van der Waals surface area contributed by atoms with Crippen LogP contribution in [-0.2, 0) is 9.59 Å². The van der Waals surface area contributed by atoms with Crippen molar-refractivity contribution in [3.63, 3.8) is 0 Å². The standard InChI is InChI=1S/C15H19BrN2O2/c1-9(2)14-15(20)18(7-6-13(19)17-14)12-8-11(16)5-4-10(12)3/h4-5,8-9,14H,6-7H2,1-3H3,(H,17,19). The van der Waals surface area contributed by atoms with Crippen LogP contribution in [0.1, 0.15) is 25.8 Å². The van der Waals surface area contributed by atoms with Crippen molar-refractivity contribution in [1.82, 2.24) is 5.32 Å². The zero-order chi connectivity index (χ0) is 14.9. The van der Waals surface area contributed by atoms with Crippen LogP contribution in [0, 0.1) is 12.8 Å². The Morgan fingerprint density at radius 1 is 1.35 bits per heavy atom. The molecule has 1 aliphatic heterocycles. The Kier molecular flexibility index (Phi) is 4.48. The highest BCUT2D eigenvalue weighted by Crippen LogP contribution is 2.27. The van der Waals surface area contributed by atoms with Crippen LogP contribution in [0.5, 0.6) is 0 Å². The minimum Gasteiger partial charge on any atom is -0.344 e. The number of carbonyl (C=O) groups excluding carboxylic acids is 2. The Bertz CT molecular complexity index is 543. The van der Waals surface area contributed by atoms with Crippen molar-refractivity contribution in [3.8, 4) is 0 Å². The van der Waals surface area contributed by atoms with E-state index in [0.29, 0.717) is 13.0 Å². The van der Waals surface area contributed by atoms with Gasteiger partial charge in [-0.2, -0.15) is 0 Å². The normalized spacial score (nSPS) is 20.1. The number of aryl methyl sites for hydroxylation is 1. The first-order valence-electron chi connectivity index (χ1n) is 6.77. The number of hydrogen-bond acceptors (Lipinski definition) is 2. The number of carbonyl (C=O) groups is 2. The topological polar surface area (TPSA) is 49.4 Å². The highest BCUT2D eigenvalue weighted by molar-refractivity contribution is 9.10. The van der Waals surface area contributed by atoms with Crippen LogP contribution in [0.4, 0.5) is 5.69 Å². The molecule has 1 heterocycles. The monoisotopic (exact) mass is 338 g/mol. The second-order valence-corrected chi connectivity index (χ2v) is 6.38. The second kappa shape index (κ2) is 5.95. The van der Waals surface area contributed by atoms with Gasteiger partial charge in [0, 0.05) is 23.1 Å². The van der Waals surface area contributed by atoms with E-state index in [1.165, 1.54) is 0 Å². The number of amides is 2. The molecule has 1 unspecified atom stereocenters. The number of benzene rings is 1. The molecule has 1 N–H and O–H groups in total. The summed E-state index contributed by atoms with van der Waals surface area (Å²) >= 11 is 3.44. The lowest BCUT2D eigenvalue weighted by atomic mass is 10.0. The van der Waals surface area contributed by atoms with Crippen LogP contribution >= 0.6 is 15.9 Å². The van der Waals surface area contributed by atoms with Gasteiger partial charge >= 0.3 is 0 Å². The highest BCUT2D eigenvalue weighted by Gasteiger charge is 2.33. The molecular formula is C15H19BrN2O2. The van der Waals surface area contributed by atoms with Crippen LogP contribution in [-0.4, -0.2) is 24.4 Å². The Morgan fingerprint density at radius 2 is 2.05 bits per heavy atom. The van der Waals surface area contributed by atoms with Gasteiger partial charge in [-0.3, -0.25) is 9.59 Å². The number of rotatable bonds is 2. The molecule has 2 rings (SSSR count). The lowest BCUT2D eigenvalue weighted by Crippen LogP contribution is -2.48. The van der Waals surface area contributed by atoms with E-state index in [4.69, 9.17) is 0 Å². The molecule has 1 aromatic carbocycles. The Balaban J connectivity index is 2.41. The summed E-state index contributed by atoms with van der Waals surface area (Å²) in [5.74, 6) is -0.0289. The van der Waals surface area contributed by atoms with Gasteiger partial charge in [0.2, 0.25) is 11.8 Å². The van der Waals surface area contributed by atoms with Gasteiger partial charge in [-0.1, -0.05) is 35.8 Å². The van der Waals surface area contributed by atoms with Gasteiger partial charge in [0.1, 0.15) is 6.04 Å². The molecule has 0 bridgehead atoms. The minimum atomic E-state index is -0.455. The Labute approximate surface area is 127 Å². The second-order valence-electron chi connectivity index (χ2n) is 5.46. The maximum absolute atomic E-state index is 12.7. The average molecular weight is 339 g/mol. The minimum absolute atomic E-state index is 0.0351. The molecule has 1 aliphatic rings. The molecule has 0 aromatic heterocycles. The molecule has 0 spiro atoms. The summed E-state index contributed by atoms with van der Waals surface area (Å²) in [7, 11) is 0. The summed E-state index contributed by atoms with van der Waals surface area (Å²) in [4.78, 5) is 26.2. The van der Waals surface area contributed by atoms with Crippen molar-refractivity contribution in [2.24, 2.45) is 5.92 Å². The number of anilines is 1. The first kappa shape index (κ1) is 15.0. The lowest BCUT2D eigenvalue weighted by molar-refractivity contribution is -0.126. The number of halogens is 1. The maximum Gasteiger partial charge on any atom is 0.249 e. The van der Waals surface area contributed by atoms with Crippen molar-refractivity contribution in [3.05, 3.63) is 28.2 Å². The molecule has 1 aromatic rings. The number of nitrogens with one attached hydrogen (secondary N) is 1. The van der Waals surface area contributed by atoms with E-state index in [0.717, 1.165) is 15.7 Å². The molecule has 5 heteroatoms. The van der Waals surface area contributed by atoms with Crippen LogP contribution < -0.4 is 10.2 Å². The predicted octanol–water partition coefficient (Wildman–Crippen LogP) is 2.64. The van der Waals surface area contributed by atoms with Crippen molar-refractivity contribution < 1.29 is 9.59 Å². The van der Waals surface area contributed by atoms with Crippen LogP contribution in [0.25, 0.3) is 0 Å². The molecule has 2 amide bonds. The fourth-order valence-electron chi connectivity index (χ4n) is 2.36. The molecule has 1 saturated heterocycles. The molecule has 0 aliphatic carbocycles. The van der Waals surface area contributed by atoms with E-state index >= 15 is 0 Å². The third-order valence-electron chi connectivity index (χ3n) is 3.54. The molecule has 1 fully saturated rings. The number of hydrogen-bond donors (Lipinski definition) is 1. The molecular weight excluding hydrogens is 320 g/mol. The summed E-state index contributed by atoms with van der Waals surface area (Å²) in [5.41, 5.74) is 1.89. The molecule has 1 atom stereocenters. The molecule has 20 heavy (non-hydrogen) atoms. The largest absolute Gasteiger partial charge is 0.344 e. The molecule has 0 radical (unpaired) electrons. The summed E-state index contributed by atoms with van der Waals surface area (Å²) in [6, 6.07) is 5.39. The highest BCUT2D eigenvalue weighted by atomic mass is 79.9. The van der Waals surface area contributed by atoms with Crippen molar-refractivity contribution in [2.75, 3.05) is 11.4 Å². The van der Waals surface area contributed by atoms with E-state index in [1.54, 1.807) is 4.90 Å². The van der Waals surface area contributed by atoms with E-state index in [1.807, 2.05) is 39.0 Å². The van der Waals surface area contributed by atoms with Gasteiger partial charge in [0.15, 0.2) is 0 Å². The summed E-state index contributed by atoms with van der Waals surface area (Å²) in [6.45, 7) is 6.28.